The number of benzene rings is 7. The van der Waals surface area contributed by atoms with Crippen LogP contribution in [0.3, 0.4) is 0 Å². The summed E-state index contributed by atoms with van der Waals surface area (Å²) < 4.78 is 0. The maximum atomic E-state index is 2.75. The van der Waals surface area contributed by atoms with Crippen LogP contribution in [0.5, 0.6) is 0 Å². The quantitative estimate of drug-likeness (QED) is 0.115. The topological polar surface area (TPSA) is 0 Å². The van der Waals surface area contributed by atoms with E-state index in [0.29, 0.717) is 5.92 Å². The molecule has 7 aromatic carbocycles. The first-order chi connectivity index (χ1) is 33.7. The Kier molecular flexibility index (Phi) is 11.1. The highest BCUT2D eigenvalue weighted by Gasteiger charge is 2.50. The predicted molar refractivity (Wildman–Crippen MR) is 310 cm³/mol. The van der Waals surface area contributed by atoms with Crippen molar-refractivity contribution < 1.29 is 0 Å². The van der Waals surface area contributed by atoms with Crippen LogP contribution in [0.2, 0.25) is 0 Å². The predicted octanol–water partition coefficient (Wildman–Crippen LogP) is 16.3. The van der Waals surface area contributed by atoms with Crippen LogP contribution in [0.1, 0.15) is 242 Å². The van der Waals surface area contributed by atoms with Gasteiger partial charge >= 0.3 is 0 Å². The molecule has 2 aliphatic carbocycles. The Hall–Kier alpha value is -5.40. The van der Waals surface area contributed by atoms with E-state index in [1.807, 2.05) is 0 Å². The lowest BCUT2D eigenvalue weighted by Crippen LogP contribution is -2.63. The standard InChI is InChI=1S/C71H81B/c1-42(2)50-32-43(3)51(37-56(50)67(7,8)9)64-52-38-58-59(71(16,17)41-70(58,14)15)39-61(52)72-60-36-48(66(4,5)6)29-30-49(60)63(46-28-31-55-57(35-46)69(12,13)40-68(55,10)11)53-33-47(34-54(64)65(53)72)62(44-24-20-18-21-25-44)45-26-22-19-23-27-45/h18-39,42,62-64H,40-41H2,1-17H3. The van der Waals surface area contributed by atoms with Crippen molar-refractivity contribution in [2.24, 2.45) is 0 Å². The monoisotopic (exact) mass is 945 g/mol. The highest BCUT2D eigenvalue weighted by atomic mass is 14.5. The van der Waals surface area contributed by atoms with E-state index in [0.717, 1.165) is 12.8 Å². The second-order valence-corrected chi connectivity index (χ2v) is 28.2. The third-order valence-electron chi connectivity index (χ3n) is 18.4. The summed E-state index contributed by atoms with van der Waals surface area (Å²) in [6, 6.07) is 54.4. The molecule has 368 valence electrons. The van der Waals surface area contributed by atoms with Gasteiger partial charge < -0.3 is 0 Å². The van der Waals surface area contributed by atoms with Crippen LogP contribution in [0.4, 0.5) is 0 Å². The highest BCUT2D eigenvalue weighted by molar-refractivity contribution is 6.97. The molecule has 2 aliphatic heterocycles. The molecule has 0 saturated heterocycles. The van der Waals surface area contributed by atoms with E-state index in [9.17, 15) is 0 Å². The molecule has 11 rings (SSSR count). The van der Waals surface area contributed by atoms with Gasteiger partial charge in [0.05, 0.1) is 0 Å². The van der Waals surface area contributed by atoms with Crippen molar-refractivity contribution in [3.63, 3.8) is 0 Å². The zero-order valence-electron chi connectivity index (χ0n) is 47.0. The number of aryl methyl sites for hydroxylation is 1. The highest BCUT2D eigenvalue weighted by Crippen LogP contribution is 2.54. The summed E-state index contributed by atoms with van der Waals surface area (Å²) in [6.07, 6.45) is 2.29. The van der Waals surface area contributed by atoms with Crippen LogP contribution < -0.4 is 16.4 Å². The molecule has 7 aromatic rings. The van der Waals surface area contributed by atoms with Crippen molar-refractivity contribution in [2.45, 2.75) is 187 Å². The van der Waals surface area contributed by atoms with Crippen molar-refractivity contribution >= 4 is 23.1 Å². The van der Waals surface area contributed by atoms with Crippen molar-refractivity contribution in [2.75, 3.05) is 0 Å². The molecule has 2 atom stereocenters. The van der Waals surface area contributed by atoms with Crippen LogP contribution in [0.25, 0.3) is 0 Å². The van der Waals surface area contributed by atoms with Crippen LogP contribution in [-0.4, -0.2) is 6.71 Å². The summed E-state index contributed by atoms with van der Waals surface area (Å²) in [5, 5.41) is 0. The van der Waals surface area contributed by atoms with Crippen LogP contribution >= 0.6 is 0 Å². The molecule has 4 aliphatic rings. The lowest BCUT2D eigenvalue weighted by molar-refractivity contribution is 0.402. The van der Waals surface area contributed by atoms with Crippen molar-refractivity contribution in [1.29, 1.82) is 0 Å². The lowest BCUT2D eigenvalue weighted by atomic mass is 9.28. The Labute approximate surface area is 435 Å². The Bertz CT molecular complexity index is 3260. The first-order valence-electron chi connectivity index (χ1n) is 27.6. The summed E-state index contributed by atoms with van der Waals surface area (Å²) >= 11 is 0. The van der Waals surface area contributed by atoms with Gasteiger partial charge in [-0.3, -0.25) is 0 Å². The van der Waals surface area contributed by atoms with Gasteiger partial charge in [0, 0.05) is 17.8 Å². The minimum absolute atomic E-state index is 0.0120. The summed E-state index contributed by atoms with van der Waals surface area (Å²) in [4.78, 5) is 0. The summed E-state index contributed by atoms with van der Waals surface area (Å²) in [5.74, 6) is 0.565. The van der Waals surface area contributed by atoms with Gasteiger partial charge in [-0.15, -0.1) is 0 Å². The van der Waals surface area contributed by atoms with Gasteiger partial charge in [0.25, 0.3) is 0 Å². The van der Waals surface area contributed by atoms with E-state index in [1.165, 1.54) is 99.9 Å². The SMILES string of the molecule is Cc1cc(C(C)C)c(C(C)(C)C)cc1C1c2cc3c(cc2B2c4cc(C(C)(C)C)ccc4C(c4ccc5c(c4)C(C)(C)CC5(C)C)c4cc(C(c5ccccc5)c5ccccc5)cc1c42)C(C)(C)CC3(C)C. The average molecular weight is 945 g/mol. The normalized spacial score (nSPS) is 19.7. The van der Waals surface area contributed by atoms with Gasteiger partial charge in [-0.25, -0.2) is 0 Å². The summed E-state index contributed by atoms with van der Waals surface area (Å²) in [7, 11) is 0. The molecule has 0 fully saturated rings. The minimum Gasteiger partial charge on any atom is -0.0642 e. The summed E-state index contributed by atoms with van der Waals surface area (Å²) in [5.41, 5.74) is 29.6. The number of fused-ring (bicyclic) bond motifs is 6. The fourth-order valence-electron chi connectivity index (χ4n) is 15.6. The maximum Gasteiger partial charge on any atom is 0.242 e. The van der Waals surface area contributed by atoms with E-state index in [4.69, 9.17) is 0 Å². The minimum atomic E-state index is -0.0255. The fourth-order valence-corrected chi connectivity index (χ4v) is 15.6. The molecule has 0 N–H and O–H groups in total. The molecule has 72 heavy (non-hydrogen) atoms. The van der Waals surface area contributed by atoms with E-state index in [1.54, 1.807) is 11.0 Å². The van der Waals surface area contributed by atoms with E-state index in [2.05, 4.69) is 251 Å². The zero-order valence-corrected chi connectivity index (χ0v) is 47.0. The second-order valence-electron chi connectivity index (χ2n) is 28.2. The number of hydrogen-bond donors (Lipinski definition) is 0. The molecule has 0 aromatic heterocycles. The Morgan fingerprint density at radius 3 is 1.54 bits per heavy atom. The number of hydrogen-bond acceptors (Lipinski definition) is 0. The van der Waals surface area contributed by atoms with Gasteiger partial charge in [-0.1, -0.05) is 261 Å². The van der Waals surface area contributed by atoms with Gasteiger partial charge in [-0.2, -0.15) is 0 Å². The van der Waals surface area contributed by atoms with Gasteiger partial charge in [0.1, 0.15) is 0 Å². The zero-order chi connectivity index (χ0) is 51.4. The van der Waals surface area contributed by atoms with Gasteiger partial charge in [0.2, 0.25) is 6.71 Å². The molecule has 2 unspecified atom stereocenters. The average Bonchev–Trinajstić information content (AvgIpc) is 3.61. The molecular formula is C71H81B. The third-order valence-corrected chi connectivity index (χ3v) is 18.4. The maximum absolute atomic E-state index is 2.75. The van der Waals surface area contributed by atoms with E-state index in [-0.39, 0.29) is 57.0 Å². The van der Waals surface area contributed by atoms with Crippen molar-refractivity contribution in [3.8, 4) is 0 Å². The molecule has 1 heteroatoms. The first kappa shape index (κ1) is 48.9. The molecular weight excluding hydrogens is 864 g/mol. The van der Waals surface area contributed by atoms with Crippen LogP contribution in [0.15, 0.2) is 133 Å². The molecule has 0 saturated carbocycles. The second kappa shape index (κ2) is 16.3. The fraction of sp³-hybridized carbons (Fsp3) is 0.408. The van der Waals surface area contributed by atoms with Crippen LogP contribution in [-0.2, 0) is 32.5 Å². The number of rotatable bonds is 6. The van der Waals surface area contributed by atoms with Crippen molar-refractivity contribution in [1.82, 2.24) is 0 Å². The molecule has 0 nitrogen and oxygen atoms in total. The van der Waals surface area contributed by atoms with E-state index < -0.39 is 0 Å². The first-order valence-corrected chi connectivity index (χ1v) is 27.6. The summed E-state index contributed by atoms with van der Waals surface area (Å²) in [6.45, 7) is 41.7. The molecule has 2 heterocycles. The Balaban J connectivity index is 1.33. The van der Waals surface area contributed by atoms with Gasteiger partial charge in [-0.05, 0) is 153 Å². The Morgan fingerprint density at radius 2 is 0.986 bits per heavy atom. The molecule has 0 spiro atoms. The molecule has 0 bridgehead atoms. The molecule has 0 radical (unpaired) electrons. The van der Waals surface area contributed by atoms with Gasteiger partial charge in [0.15, 0.2) is 0 Å². The smallest absolute Gasteiger partial charge is 0.0642 e. The van der Waals surface area contributed by atoms with Crippen molar-refractivity contribution in [3.05, 3.63) is 228 Å². The molecule has 0 amide bonds. The Morgan fingerprint density at radius 1 is 0.458 bits per heavy atom. The van der Waals surface area contributed by atoms with Crippen LogP contribution in [0, 0.1) is 6.92 Å². The largest absolute Gasteiger partial charge is 0.242 e. The third kappa shape index (κ3) is 7.67. The van der Waals surface area contributed by atoms with E-state index >= 15 is 0 Å². The lowest BCUT2D eigenvalue weighted by Gasteiger charge is -2.44.